The number of ether oxygens (including phenoxy) is 1. The zero-order valence-corrected chi connectivity index (χ0v) is 13.9. The fourth-order valence-corrected chi connectivity index (χ4v) is 2.66. The average molecular weight is 310 g/mol. The second-order valence-corrected chi connectivity index (χ2v) is 5.61. The van der Waals surface area contributed by atoms with Crippen molar-refractivity contribution in [3.63, 3.8) is 0 Å². The zero-order chi connectivity index (χ0) is 16.8. The zero-order valence-electron chi connectivity index (χ0n) is 13.9. The fourth-order valence-electron chi connectivity index (χ4n) is 2.66. The topological polar surface area (TPSA) is 55.0 Å². The van der Waals surface area contributed by atoms with Crippen molar-refractivity contribution in [2.24, 2.45) is 0 Å². The van der Waals surface area contributed by atoms with E-state index in [9.17, 15) is 4.79 Å². The molecule has 4 heteroatoms. The number of rotatable bonds is 6. The van der Waals surface area contributed by atoms with Gasteiger partial charge in [0.05, 0.1) is 12.8 Å². The van der Waals surface area contributed by atoms with Gasteiger partial charge in [0.15, 0.2) is 0 Å². The monoisotopic (exact) mass is 310 g/mol. The molecule has 0 atom stereocenters. The Balaban J connectivity index is 2.62. The molecule has 2 aromatic rings. The number of pyridine rings is 1. The van der Waals surface area contributed by atoms with Gasteiger partial charge >= 0.3 is 0 Å². The van der Waals surface area contributed by atoms with Gasteiger partial charge in [-0.3, -0.25) is 4.79 Å². The number of nitriles is 1. The van der Waals surface area contributed by atoms with E-state index in [2.05, 4.69) is 6.92 Å². The SMILES string of the molecule is CCCCCn1c(-c2cc(C)ccc2OC)ccc(C#N)c1=O. The third-order valence-corrected chi connectivity index (χ3v) is 3.91. The van der Waals surface area contributed by atoms with E-state index in [1.165, 1.54) is 0 Å². The van der Waals surface area contributed by atoms with Crippen LogP contribution in [0.3, 0.4) is 0 Å². The highest BCUT2D eigenvalue weighted by molar-refractivity contribution is 5.69. The Morgan fingerprint density at radius 2 is 2.00 bits per heavy atom. The van der Waals surface area contributed by atoms with Crippen LogP contribution >= 0.6 is 0 Å². The highest BCUT2D eigenvalue weighted by Gasteiger charge is 2.14. The number of methoxy groups -OCH3 is 1. The maximum absolute atomic E-state index is 12.6. The number of aryl methyl sites for hydroxylation is 1. The first-order valence-electron chi connectivity index (χ1n) is 7.91. The highest BCUT2D eigenvalue weighted by Crippen LogP contribution is 2.30. The van der Waals surface area contributed by atoms with Crippen molar-refractivity contribution in [3.05, 3.63) is 51.8 Å². The summed E-state index contributed by atoms with van der Waals surface area (Å²) in [5.41, 5.74) is 2.72. The molecule has 0 fully saturated rings. The first kappa shape index (κ1) is 16.8. The van der Waals surface area contributed by atoms with Gasteiger partial charge in [-0.15, -0.1) is 0 Å². The van der Waals surface area contributed by atoms with Crippen LogP contribution in [0.4, 0.5) is 0 Å². The van der Waals surface area contributed by atoms with Gasteiger partial charge in [-0.05, 0) is 37.6 Å². The molecule has 1 aromatic heterocycles. The molecule has 0 aliphatic carbocycles. The summed E-state index contributed by atoms with van der Waals surface area (Å²) in [4.78, 5) is 12.6. The number of benzene rings is 1. The molecule has 2 rings (SSSR count). The second kappa shape index (κ2) is 7.64. The van der Waals surface area contributed by atoms with Gasteiger partial charge in [0.1, 0.15) is 17.4 Å². The van der Waals surface area contributed by atoms with Gasteiger partial charge in [-0.2, -0.15) is 5.26 Å². The minimum Gasteiger partial charge on any atom is -0.496 e. The van der Waals surface area contributed by atoms with Crippen LogP contribution < -0.4 is 10.3 Å². The molecule has 0 bridgehead atoms. The molecule has 1 heterocycles. The summed E-state index contributed by atoms with van der Waals surface area (Å²) in [5, 5.41) is 9.13. The Kier molecular flexibility index (Phi) is 5.59. The third-order valence-electron chi connectivity index (χ3n) is 3.91. The minimum absolute atomic E-state index is 0.178. The molecule has 0 saturated heterocycles. The Bertz CT molecular complexity index is 785. The molecule has 0 saturated carbocycles. The van der Waals surface area contributed by atoms with Crippen LogP contribution in [0.25, 0.3) is 11.3 Å². The van der Waals surface area contributed by atoms with Crippen LogP contribution in [-0.4, -0.2) is 11.7 Å². The first-order valence-corrected chi connectivity index (χ1v) is 7.91. The normalized spacial score (nSPS) is 10.3. The molecular weight excluding hydrogens is 288 g/mol. The van der Waals surface area contributed by atoms with E-state index in [4.69, 9.17) is 10.00 Å². The number of nitrogens with zero attached hydrogens (tertiary/aromatic N) is 2. The lowest BCUT2D eigenvalue weighted by Gasteiger charge is -2.16. The summed E-state index contributed by atoms with van der Waals surface area (Å²) in [5.74, 6) is 0.726. The largest absolute Gasteiger partial charge is 0.496 e. The van der Waals surface area contributed by atoms with Crippen molar-refractivity contribution in [2.75, 3.05) is 7.11 Å². The quantitative estimate of drug-likeness (QED) is 0.760. The van der Waals surface area contributed by atoms with E-state index in [0.29, 0.717) is 6.54 Å². The number of aromatic nitrogens is 1. The third kappa shape index (κ3) is 3.62. The summed E-state index contributed by atoms with van der Waals surface area (Å²) < 4.78 is 7.15. The fraction of sp³-hybridized carbons (Fsp3) is 0.368. The predicted molar refractivity (Wildman–Crippen MR) is 91.7 cm³/mol. The molecule has 0 aliphatic rings. The number of unbranched alkanes of at least 4 members (excludes halogenated alkanes) is 2. The lowest BCUT2D eigenvalue weighted by molar-refractivity contribution is 0.415. The maximum Gasteiger partial charge on any atom is 0.268 e. The smallest absolute Gasteiger partial charge is 0.268 e. The van der Waals surface area contributed by atoms with Gasteiger partial charge in [-0.1, -0.05) is 31.4 Å². The molecular formula is C19H22N2O2. The van der Waals surface area contributed by atoms with E-state index in [0.717, 1.165) is 41.8 Å². The van der Waals surface area contributed by atoms with E-state index in [1.807, 2.05) is 37.3 Å². The summed E-state index contributed by atoms with van der Waals surface area (Å²) in [6.45, 7) is 4.74. The molecule has 0 unspecified atom stereocenters. The average Bonchev–Trinajstić information content (AvgIpc) is 2.56. The van der Waals surface area contributed by atoms with E-state index in [1.54, 1.807) is 17.7 Å². The molecule has 0 N–H and O–H groups in total. The second-order valence-electron chi connectivity index (χ2n) is 5.61. The lowest BCUT2D eigenvalue weighted by atomic mass is 10.1. The molecule has 0 amide bonds. The Hall–Kier alpha value is -2.54. The highest BCUT2D eigenvalue weighted by atomic mass is 16.5. The van der Waals surface area contributed by atoms with Gasteiger partial charge in [-0.25, -0.2) is 0 Å². The summed E-state index contributed by atoms with van der Waals surface area (Å²) >= 11 is 0. The summed E-state index contributed by atoms with van der Waals surface area (Å²) in [7, 11) is 1.62. The van der Waals surface area contributed by atoms with Gasteiger partial charge in [0.2, 0.25) is 0 Å². The van der Waals surface area contributed by atoms with Gasteiger partial charge < -0.3 is 9.30 Å². The van der Waals surface area contributed by atoms with Crippen LogP contribution in [0.1, 0.15) is 37.3 Å². The van der Waals surface area contributed by atoms with E-state index in [-0.39, 0.29) is 11.1 Å². The van der Waals surface area contributed by atoms with Crippen LogP contribution in [0.5, 0.6) is 5.75 Å². The van der Waals surface area contributed by atoms with Crippen LogP contribution in [0.15, 0.2) is 35.1 Å². The molecule has 1 aromatic carbocycles. The molecule has 23 heavy (non-hydrogen) atoms. The van der Waals surface area contributed by atoms with Gasteiger partial charge in [0.25, 0.3) is 5.56 Å². The molecule has 0 radical (unpaired) electrons. The van der Waals surface area contributed by atoms with Crippen molar-refractivity contribution in [3.8, 4) is 23.1 Å². The van der Waals surface area contributed by atoms with Gasteiger partial charge in [0, 0.05) is 12.1 Å². The van der Waals surface area contributed by atoms with E-state index < -0.39 is 0 Å². The van der Waals surface area contributed by atoms with E-state index >= 15 is 0 Å². The maximum atomic E-state index is 12.6. The molecule has 0 aliphatic heterocycles. The number of hydrogen-bond donors (Lipinski definition) is 0. The lowest BCUT2D eigenvalue weighted by Crippen LogP contribution is -2.24. The predicted octanol–water partition coefficient (Wildman–Crippen LogP) is 3.89. The number of hydrogen-bond acceptors (Lipinski definition) is 3. The Morgan fingerprint density at radius 1 is 1.22 bits per heavy atom. The van der Waals surface area contributed by atoms with Crippen molar-refractivity contribution in [1.82, 2.24) is 4.57 Å². The van der Waals surface area contributed by atoms with Crippen molar-refractivity contribution in [1.29, 1.82) is 5.26 Å². The van der Waals surface area contributed by atoms with Crippen molar-refractivity contribution in [2.45, 2.75) is 39.7 Å². The standard InChI is InChI=1S/C19H22N2O2/c1-4-5-6-11-21-17(9-8-15(13-20)19(21)22)16-12-14(2)7-10-18(16)23-3/h7-10,12H,4-6,11H2,1-3H3. The van der Waals surface area contributed by atoms with Crippen LogP contribution in [-0.2, 0) is 6.54 Å². The Morgan fingerprint density at radius 3 is 2.65 bits per heavy atom. The van der Waals surface area contributed by atoms with Crippen molar-refractivity contribution >= 4 is 0 Å². The van der Waals surface area contributed by atoms with Crippen LogP contribution in [0, 0.1) is 18.3 Å². The van der Waals surface area contributed by atoms with Crippen LogP contribution in [0.2, 0.25) is 0 Å². The Labute approximate surface area is 137 Å². The molecule has 0 spiro atoms. The minimum atomic E-state index is -0.232. The summed E-state index contributed by atoms with van der Waals surface area (Å²) in [6, 6.07) is 11.3. The molecule has 4 nitrogen and oxygen atoms in total. The van der Waals surface area contributed by atoms with Crippen molar-refractivity contribution < 1.29 is 4.74 Å². The summed E-state index contributed by atoms with van der Waals surface area (Å²) in [6.07, 6.45) is 3.04. The first-order chi connectivity index (χ1) is 11.1. The molecule has 120 valence electrons.